The number of nitrogens with two attached hydrogens (primary N) is 1. The molecule has 0 saturated carbocycles. The fourth-order valence-corrected chi connectivity index (χ4v) is 2.68. The van der Waals surface area contributed by atoms with Gasteiger partial charge in [-0.15, -0.1) is 0 Å². The van der Waals surface area contributed by atoms with Crippen molar-refractivity contribution < 1.29 is 29.9 Å². The minimum absolute atomic E-state index is 0.0583. The molecule has 6 N–H and O–H groups in total. The van der Waals surface area contributed by atoms with E-state index >= 15 is 0 Å². The highest BCUT2D eigenvalue weighted by molar-refractivity contribution is 6.43. The van der Waals surface area contributed by atoms with Crippen LogP contribution >= 0.6 is 0 Å². The molecule has 8 heteroatoms. The molecule has 0 aromatic heterocycles. The Hall–Kier alpha value is -2.68. The molecular formula is C18H20BNO6. The molecule has 2 aromatic carbocycles. The molecular weight excluding hydrogens is 337 g/mol. The summed E-state index contributed by atoms with van der Waals surface area (Å²) in [6.45, 7) is 0.353. The Morgan fingerprint density at radius 2 is 1.73 bits per heavy atom. The number of hydrogen-bond acceptors (Lipinski definition) is 6. The quantitative estimate of drug-likeness (QED) is 0.353. The van der Waals surface area contributed by atoms with Gasteiger partial charge in [0.1, 0.15) is 11.3 Å². The van der Waals surface area contributed by atoms with Crippen LogP contribution in [0.1, 0.15) is 38.3 Å². The van der Waals surface area contributed by atoms with Gasteiger partial charge in [-0.3, -0.25) is 4.79 Å². The average Bonchev–Trinajstić information content (AvgIpc) is 2.62. The number of rotatable bonds is 8. The van der Waals surface area contributed by atoms with Gasteiger partial charge in [0.15, 0.2) is 5.78 Å². The van der Waals surface area contributed by atoms with Gasteiger partial charge in [-0.2, -0.15) is 0 Å². The molecule has 0 fully saturated rings. The highest BCUT2D eigenvalue weighted by Gasteiger charge is 2.28. The smallest absolute Gasteiger partial charge is 0.455 e. The standard InChI is InChI=1S/C18H20BNO6/c20-10-11-4-6-12(7-5-11)16(21)9-14(19(25)26)8-13-2-1-3-15(17(13)22)18(23)24/h1-7,14,22,25-26H,8-10,20H2,(H,23,24)/t14-/m1/s1. The SMILES string of the molecule is NCc1ccc(C(=O)C[C@@H](Cc2cccc(C(=O)O)c2O)B(O)O)cc1. The van der Waals surface area contributed by atoms with Crippen LogP contribution in [0.25, 0.3) is 0 Å². The lowest BCUT2D eigenvalue weighted by molar-refractivity contribution is 0.0693. The highest BCUT2D eigenvalue weighted by atomic mass is 16.4. The predicted molar refractivity (Wildman–Crippen MR) is 96.0 cm³/mol. The average molecular weight is 357 g/mol. The van der Waals surface area contributed by atoms with Crippen molar-refractivity contribution in [2.24, 2.45) is 5.73 Å². The van der Waals surface area contributed by atoms with E-state index in [4.69, 9.17) is 10.8 Å². The van der Waals surface area contributed by atoms with Crippen LogP contribution in [-0.2, 0) is 13.0 Å². The molecule has 2 aromatic rings. The van der Waals surface area contributed by atoms with E-state index in [1.54, 1.807) is 24.3 Å². The Morgan fingerprint density at radius 1 is 1.08 bits per heavy atom. The second-order valence-corrected chi connectivity index (χ2v) is 6.02. The number of carbonyl (C=O) groups excluding carboxylic acids is 1. The van der Waals surface area contributed by atoms with Gasteiger partial charge in [0.2, 0.25) is 0 Å². The lowest BCUT2D eigenvalue weighted by Crippen LogP contribution is -2.25. The molecule has 0 aliphatic heterocycles. The normalized spacial score (nSPS) is 11.8. The number of aromatic hydroxyl groups is 1. The van der Waals surface area contributed by atoms with Gasteiger partial charge in [-0.1, -0.05) is 36.4 Å². The van der Waals surface area contributed by atoms with Crippen LogP contribution in [0.5, 0.6) is 5.75 Å². The molecule has 0 aliphatic rings. The van der Waals surface area contributed by atoms with Crippen LogP contribution < -0.4 is 5.73 Å². The molecule has 2 rings (SSSR count). The number of aromatic carboxylic acids is 1. The van der Waals surface area contributed by atoms with Crippen molar-refractivity contribution >= 4 is 18.9 Å². The van der Waals surface area contributed by atoms with E-state index < -0.39 is 24.7 Å². The maximum Gasteiger partial charge on any atom is 0.455 e. The van der Waals surface area contributed by atoms with Gasteiger partial charge in [-0.25, -0.2) is 4.79 Å². The maximum absolute atomic E-state index is 12.4. The summed E-state index contributed by atoms with van der Waals surface area (Å²) in [5.41, 5.74) is 6.75. The summed E-state index contributed by atoms with van der Waals surface area (Å²) in [5, 5.41) is 38.3. The van der Waals surface area contributed by atoms with Gasteiger partial charge >= 0.3 is 13.1 Å². The fraction of sp³-hybridized carbons (Fsp3) is 0.222. The lowest BCUT2D eigenvalue weighted by atomic mass is 9.66. The molecule has 0 spiro atoms. The molecule has 0 heterocycles. The Kier molecular flexibility index (Phi) is 6.51. The molecule has 0 saturated heterocycles. The minimum Gasteiger partial charge on any atom is -0.507 e. The van der Waals surface area contributed by atoms with Crippen LogP contribution in [0.3, 0.4) is 0 Å². The Bertz CT molecular complexity index is 791. The van der Waals surface area contributed by atoms with Crippen molar-refractivity contribution in [2.45, 2.75) is 25.2 Å². The van der Waals surface area contributed by atoms with Crippen LogP contribution in [0.2, 0.25) is 5.82 Å². The van der Waals surface area contributed by atoms with E-state index in [-0.39, 0.29) is 29.8 Å². The van der Waals surface area contributed by atoms with E-state index in [0.717, 1.165) is 5.56 Å². The van der Waals surface area contributed by atoms with E-state index in [1.807, 2.05) is 0 Å². The zero-order valence-corrected chi connectivity index (χ0v) is 14.0. The first-order chi connectivity index (χ1) is 12.3. The van der Waals surface area contributed by atoms with Gasteiger partial charge < -0.3 is 26.0 Å². The van der Waals surface area contributed by atoms with E-state index in [2.05, 4.69) is 0 Å². The van der Waals surface area contributed by atoms with Crippen molar-refractivity contribution in [3.63, 3.8) is 0 Å². The number of para-hydroxylation sites is 1. The van der Waals surface area contributed by atoms with Crippen LogP contribution in [0, 0.1) is 0 Å². The number of phenols is 1. The number of hydrogen-bond donors (Lipinski definition) is 5. The fourth-order valence-electron chi connectivity index (χ4n) is 2.68. The summed E-state index contributed by atoms with van der Waals surface area (Å²) in [7, 11) is -1.80. The van der Waals surface area contributed by atoms with Crippen molar-refractivity contribution in [1.82, 2.24) is 0 Å². The summed E-state index contributed by atoms with van der Waals surface area (Å²) in [4.78, 5) is 23.5. The Balaban J connectivity index is 2.17. The maximum atomic E-state index is 12.4. The molecule has 7 nitrogen and oxygen atoms in total. The number of carboxylic acids is 1. The summed E-state index contributed by atoms with van der Waals surface area (Å²) in [6.07, 6.45) is -0.229. The van der Waals surface area contributed by atoms with Gasteiger partial charge in [0.05, 0.1) is 0 Å². The topological polar surface area (TPSA) is 141 Å². The van der Waals surface area contributed by atoms with Crippen molar-refractivity contribution in [3.8, 4) is 5.75 Å². The highest BCUT2D eigenvalue weighted by Crippen LogP contribution is 2.29. The molecule has 136 valence electrons. The van der Waals surface area contributed by atoms with Crippen molar-refractivity contribution in [1.29, 1.82) is 0 Å². The van der Waals surface area contributed by atoms with Crippen molar-refractivity contribution in [2.75, 3.05) is 0 Å². The van der Waals surface area contributed by atoms with Crippen molar-refractivity contribution in [3.05, 3.63) is 64.7 Å². The number of carbonyl (C=O) groups is 2. The zero-order chi connectivity index (χ0) is 19.3. The van der Waals surface area contributed by atoms with E-state index in [9.17, 15) is 24.7 Å². The minimum atomic E-state index is -1.80. The molecule has 0 radical (unpaired) electrons. The van der Waals surface area contributed by atoms with Gasteiger partial charge in [-0.05, 0) is 23.6 Å². The largest absolute Gasteiger partial charge is 0.507 e. The van der Waals surface area contributed by atoms with E-state index in [0.29, 0.717) is 12.1 Å². The lowest BCUT2D eigenvalue weighted by Gasteiger charge is -2.17. The third-order valence-corrected chi connectivity index (χ3v) is 4.21. The second kappa shape index (κ2) is 8.62. The number of carboxylic acid groups (broad SMARTS) is 1. The third kappa shape index (κ3) is 4.69. The first-order valence-electron chi connectivity index (χ1n) is 8.06. The zero-order valence-electron chi connectivity index (χ0n) is 14.0. The predicted octanol–water partition coefficient (Wildman–Crippen LogP) is 1.21. The molecule has 0 unspecified atom stereocenters. The Labute approximate surface area is 150 Å². The monoisotopic (exact) mass is 357 g/mol. The summed E-state index contributed by atoms with van der Waals surface area (Å²) < 4.78 is 0. The van der Waals surface area contributed by atoms with Crippen LogP contribution in [-0.4, -0.2) is 39.1 Å². The summed E-state index contributed by atoms with van der Waals surface area (Å²) in [5.74, 6) is -2.92. The molecule has 0 aliphatic carbocycles. The molecule has 26 heavy (non-hydrogen) atoms. The first-order valence-corrected chi connectivity index (χ1v) is 8.06. The van der Waals surface area contributed by atoms with Gasteiger partial charge in [0.25, 0.3) is 0 Å². The first kappa shape index (κ1) is 19.6. The third-order valence-electron chi connectivity index (χ3n) is 4.21. The van der Waals surface area contributed by atoms with Crippen LogP contribution in [0.4, 0.5) is 0 Å². The molecule has 1 atom stereocenters. The number of ketones is 1. The molecule has 0 amide bonds. The summed E-state index contributed by atoms with van der Waals surface area (Å²) in [6, 6.07) is 10.9. The van der Waals surface area contributed by atoms with E-state index in [1.165, 1.54) is 18.2 Å². The van der Waals surface area contributed by atoms with Gasteiger partial charge in [0, 0.05) is 24.3 Å². The second-order valence-electron chi connectivity index (χ2n) is 6.02. The molecule has 0 bridgehead atoms. The summed E-state index contributed by atoms with van der Waals surface area (Å²) >= 11 is 0. The van der Waals surface area contributed by atoms with Crippen LogP contribution in [0.15, 0.2) is 42.5 Å². The number of Topliss-reactive ketones (excluding diaryl/α,β-unsaturated/α-hetero) is 1. The number of benzene rings is 2. The Morgan fingerprint density at radius 3 is 2.27 bits per heavy atom.